The van der Waals surface area contributed by atoms with E-state index in [-0.39, 0.29) is 32.1 Å². The fraction of sp³-hybridized carbons (Fsp3) is 0.500. The molecule has 0 aromatic carbocycles. The SMILES string of the molecule is O=C(COc1cccnc1)N1C[C@@H](F)C[C@H]1CO. The number of amides is 1. The van der Waals surface area contributed by atoms with Crippen LogP contribution in [-0.2, 0) is 4.79 Å². The summed E-state index contributed by atoms with van der Waals surface area (Å²) < 4.78 is 18.4. The van der Waals surface area contributed by atoms with Gasteiger partial charge in [-0.05, 0) is 12.1 Å². The summed E-state index contributed by atoms with van der Waals surface area (Å²) >= 11 is 0. The van der Waals surface area contributed by atoms with Crippen molar-refractivity contribution in [3.63, 3.8) is 0 Å². The molecule has 1 N–H and O–H groups in total. The number of pyridine rings is 1. The number of aromatic nitrogens is 1. The van der Waals surface area contributed by atoms with Gasteiger partial charge in [-0.25, -0.2) is 4.39 Å². The standard InChI is InChI=1S/C12H15FN2O3/c13-9-4-10(7-16)15(6-9)12(17)8-18-11-2-1-3-14-5-11/h1-3,5,9-10,16H,4,6-8H2/t9-,10-/m0/s1. The van der Waals surface area contributed by atoms with Gasteiger partial charge in [0.15, 0.2) is 6.61 Å². The monoisotopic (exact) mass is 254 g/mol. The molecule has 0 saturated carbocycles. The first-order chi connectivity index (χ1) is 8.70. The number of aliphatic hydroxyl groups is 1. The van der Waals surface area contributed by atoms with Gasteiger partial charge in [0.1, 0.15) is 11.9 Å². The van der Waals surface area contributed by atoms with Gasteiger partial charge in [-0.2, -0.15) is 0 Å². The Bertz CT molecular complexity index is 402. The van der Waals surface area contributed by atoms with E-state index in [4.69, 9.17) is 9.84 Å². The van der Waals surface area contributed by atoms with Crippen LogP contribution in [0.1, 0.15) is 6.42 Å². The summed E-state index contributed by atoms with van der Waals surface area (Å²) in [6, 6.07) is 2.94. The van der Waals surface area contributed by atoms with Crippen LogP contribution in [0.5, 0.6) is 5.75 Å². The average molecular weight is 254 g/mol. The van der Waals surface area contributed by atoms with Crippen molar-refractivity contribution in [2.75, 3.05) is 19.8 Å². The summed E-state index contributed by atoms with van der Waals surface area (Å²) in [7, 11) is 0. The van der Waals surface area contributed by atoms with E-state index in [1.54, 1.807) is 18.3 Å². The second kappa shape index (κ2) is 5.77. The second-order valence-corrected chi connectivity index (χ2v) is 4.19. The third-order valence-electron chi connectivity index (χ3n) is 2.89. The summed E-state index contributed by atoms with van der Waals surface area (Å²) in [6.07, 6.45) is 2.22. The lowest BCUT2D eigenvalue weighted by molar-refractivity contribution is -0.135. The zero-order valence-electron chi connectivity index (χ0n) is 9.83. The average Bonchev–Trinajstić information content (AvgIpc) is 2.78. The number of hydrogen-bond donors (Lipinski definition) is 1. The largest absolute Gasteiger partial charge is 0.482 e. The van der Waals surface area contributed by atoms with Gasteiger partial charge >= 0.3 is 0 Å². The minimum atomic E-state index is -1.07. The summed E-state index contributed by atoms with van der Waals surface area (Å²) in [5.41, 5.74) is 0. The molecule has 1 aromatic heterocycles. The Labute approximate surface area is 104 Å². The molecule has 1 amide bonds. The topological polar surface area (TPSA) is 62.7 Å². The lowest BCUT2D eigenvalue weighted by atomic mass is 10.2. The summed E-state index contributed by atoms with van der Waals surface area (Å²) in [6.45, 7) is -0.367. The Morgan fingerprint density at radius 1 is 1.67 bits per heavy atom. The molecule has 18 heavy (non-hydrogen) atoms. The Hall–Kier alpha value is -1.69. The number of carbonyl (C=O) groups excluding carboxylic acids is 1. The number of hydrogen-bond acceptors (Lipinski definition) is 4. The van der Waals surface area contributed by atoms with Crippen molar-refractivity contribution in [1.82, 2.24) is 9.88 Å². The van der Waals surface area contributed by atoms with Crippen molar-refractivity contribution in [2.45, 2.75) is 18.6 Å². The number of halogens is 1. The molecule has 5 nitrogen and oxygen atoms in total. The van der Waals surface area contributed by atoms with Gasteiger partial charge in [0, 0.05) is 12.6 Å². The van der Waals surface area contributed by atoms with Crippen molar-refractivity contribution in [3.8, 4) is 5.75 Å². The number of ether oxygens (including phenoxy) is 1. The predicted molar refractivity (Wildman–Crippen MR) is 61.8 cm³/mol. The lowest BCUT2D eigenvalue weighted by Crippen LogP contribution is -2.40. The first kappa shape index (κ1) is 12.8. The van der Waals surface area contributed by atoms with Crippen LogP contribution in [0.25, 0.3) is 0 Å². The van der Waals surface area contributed by atoms with Crippen molar-refractivity contribution in [3.05, 3.63) is 24.5 Å². The normalized spacial score (nSPS) is 23.1. The van der Waals surface area contributed by atoms with Crippen molar-refractivity contribution in [1.29, 1.82) is 0 Å². The second-order valence-electron chi connectivity index (χ2n) is 4.19. The molecule has 2 heterocycles. The van der Waals surface area contributed by atoms with Gasteiger partial charge in [0.25, 0.3) is 5.91 Å². The number of carbonyl (C=O) groups is 1. The maximum Gasteiger partial charge on any atom is 0.260 e. The van der Waals surface area contributed by atoms with E-state index in [2.05, 4.69) is 4.98 Å². The van der Waals surface area contributed by atoms with E-state index in [9.17, 15) is 9.18 Å². The van der Waals surface area contributed by atoms with E-state index in [1.165, 1.54) is 11.1 Å². The number of rotatable bonds is 4. The molecule has 1 aromatic rings. The van der Waals surface area contributed by atoms with Crippen LogP contribution in [-0.4, -0.2) is 52.9 Å². The Morgan fingerprint density at radius 3 is 3.17 bits per heavy atom. The van der Waals surface area contributed by atoms with Gasteiger partial charge in [0.2, 0.25) is 0 Å². The van der Waals surface area contributed by atoms with Crippen LogP contribution in [0.4, 0.5) is 4.39 Å². The lowest BCUT2D eigenvalue weighted by Gasteiger charge is -2.22. The first-order valence-electron chi connectivity index (χ1n) is 5.78. The third-order valence-corrected chi connectivity index (χ3v) is 2.89. The van der Waals surface area contributed by atoms with Crippen molar-refractivity contribution >= 4 is 5.91 Å². The number of aliphatic hydroxyl groups excluding tert-OH is 1. The highest BCUT2D eigenvalue weighted by Crippen LogP contribution is 2.20. The van der Waals surface area contributed by atoms with Crippen LogP contribution in [0.2, 0.25) is 0 Å². The fourth-order valence-corrected chi connectivity index (χ4v) is 2.00. The van der Waals surface area contributed by atoms with E-state index in [0.29, 0.717) is 5.75 Å². The molecular formula is C12H15FN2O3. The number of alkyl halides is 1. The summed E-state index contributed by atoms with van der Waals surface area (Å²) in [5.74, 6) is 0.167. The first-order valence-corrected chi connectivity index (χ1v) is 5.78. The van der Waals surface area contributed by atoms with Crippen LogP contribution in [0.3, 0.4) is 0 Å². The van der Waals surface area contributed by atoms with E-state index in [0.717, 1.165) is 0 Å². The van der Waals surface area contributed by atoms with Gasteiger partial charge < -0.3 is 14.7 Å². The Kier molecular flexibility index (Phi) is 4.09. The smallest absolute Gasteiger partial charge is 0.260 e. The van der Waals surface area contributed by atoms with Gasteiger partial charge in [0.05, 0.1) is 25.4 Å². The maximum atomic E-state index is 13.2. The van der Waals surface area contributed by atoms with Crippen LogP contribution in [0.15, 0.2) is 24.5 Å². The highest BCUT2D eigenvalue weighted by atomic mass is 19.1. The molecule has 0 bridgehead atoms. The zero-order valence-corrected chi connectivity index (χ0v) is 9.83. The quantitative estimate of drug-likeness (QED) is 0.844. The minimum Gasteiger partial charge on any atom is -0.482 e. The molecule has 2 atom stereocenters. The van der Waals surface area contributed by atoms with E-state index < -0.39 is 12.2 Å². The molecule has 2 rings (SSSR count). The molecule has 0 aliphatic carbocycles. The van der Waals surface area contributed by atoms with Gasteiger partial charge in [-0.1, -0.05) is 0 Å². The van der Waals surface area contributed by atoms with Crippen LogP contribution in [0, 0.1) is 0 Å². The summed E-state index contributed by atoms with van der Waals surface area (Å²) in [4.78, 5) is 17.0. The molecule has 6 heteroatoms. The molecule has 1 saturated heterocycles. The highest BCUT2D eigenvalue weighted by molar-refractivity contribution is 5.78. The molecule has 0 spiro atoms. The van der Waals surface area contributed by atoms with Gasteiger partial charge in [-0.3, -0.25) is 9.78 Å². The molecular weight excluding hydrogens is 239 g/mol. The Balaban J connectivity index is 1.88. The molecule has 1 aliphatic rings. The Morgan fingerprint density at radius 2 is 2.50 bits per heavy atom. The van der Waals surface area contributed by atoms with E-state index >= 15 is 0 Å². The molecule has 98 valence electrons. The van der Waals surface area contributed by atoms with E-state index in [1.807, 2.05) is 0 Å². The van der Waals surface area contributed by atoms with Crippen LogP contribution < -0.4 is 4.74 Å². The fourth-order valence-electron chi connectivity index (χ4n) is 2.00. The maximum absolute atomic E-state index is 13.2. The predicted octanol–water partition coefficient (Wildman–Crippen LogP) is 0.392. The number of nitrogens with zero attached hydrogens (tertiary/aromatic N) is 2. The summed E-state index contributed by atoms with van der Waals surface area (Å²) in [5, 5.41) is 9.08. The van der Waals surface area contributed by atoms with Crippen molar-refractivity contribution < 1.29 is 19.0 Å². The minimum absolute atomic E-state index is 0.0282. The van der Waals surface area contributed by atoms with Gasteiger partial charge in [-0.15, -0.1) is 0 Å². The molecule has 0 unspecified atom stereocenters. The highest BCUT2D eigenvalue weighted by Gasteiger charge is 2.34. The number of likely N-dealkylation sites (tertiary alicyclic amines) is 1. The molecule has 1 aliphatic heterocycles. The van der Waals surface area contributed by atoms with Crippen molar-refractivity contribution in [2.24, 2.45) is 0 Å². The third kappa shape index (κ3) is 2.95. The molecule has 1 fully saturated rings. The zero-order chi connectivity index (χ0) is 13.0. The molecule has 0 radical (unpaired) electrons. The van der Waals surface area contributed by atoms with Crippen LogP contribution >= 0.6 is 0 Å².